The molecule has 2 aromatic rings. The summed E-state index contributed by atoms with van der Waals surface area (Å²) >= 11 is 1.72. The third kappa shape index (κ3) is 3.15. The minimum atomic E-state index is 0.635. The van der Waals surface area contributed by atoms with Gasteiger partial charge in [-0.2, -0.15) is 0 Å². The van der Waals surface area contributed by atoms with E-state index in [0.717, 1.165) is 17.1 Å². The summed E-state index contributed by atoms with van der Waals surface area (Å²) in [5.74, 6) is 7.51. The molecule has 5 nitrogen and oxygen atoms in total. The van der Waals surface area contributed by atoms with E-state index in [2.05, 4.69) is 39.1 Å². The summed E-state index contributed by atoms with van der Waals surface area (Å²) in [4.78, 5) is 9.85. The molecule has 6 heteroatoms. The van der Waals surface area contributed by atoms with Gasteiger partial charge in [0.2, 0.25) is 0 Å². The number of nitrogens with one attached hydrogen (secondary N) is 2. The Kier molecular flexibility index (Phi) is 4.24. The minimum absolute atomic E-state index is 0.635. The second-order valence-corrected chi connectivity index (χ2v) is 4.97. The highest BCUT2D eigenvalue weighted by Crippen LogP contribution is 2.24. The number of benzene rings is 1. The Morgan fingerprint density at radius 3 is 2.26 bits per heavy atom. The molecule has 2 rings (SSSR count). The second-order valence-electron chi connectivity index (χ2n) is 4.09. The first-order valence-electron chi connectivity index (χ1n) is 5.87. The number of nitrogens with zero attached hydrogens (tertiary/aromatic N) is 2. The van der Waals surface area contributed by atoms with Gasteiger partial charge in [-0.3, -0.25) is 0 Å². The summed E-state index contributed by atoms with van der Waals surface area (Å²) in [5, 5.41) is 3.28. The van der Waals surface area contributed by atoms with Crippen LogP contribution in [0.15, 0.2) is 29.2 Å². The molecule has 0 aliphatic carbocycles. The molecule has 0 unspecified atom stereocenters. The molecule has 1 aromatic heterocycles. The van der Waals surface area contributed by atoms with Gasteiger partial charge >= 0.3 is 0 Å². The van der Waals surface area contributed by atoms with Gasteiger partial charge in [0.25, 0.3) is 0 Å². The summed E-state index contributed by atoms with van der Waals surface area (Å²) in [5.41, 5.74) is 4.46. The number of rotatable bonds is 4. The van der Waals surface area contributed by atoms with Gasteiger partial charge in [0.1, 0.15) is 17.5 Å². The maximum atomic E-state index is 5.45. The lowest BCUT2D eigenvalue weighted by atomic mass is 10.2. The quantitative estimate of drug-likeness (QED) is 0.452. The van der Waals surface area contributed by atoms with Gasteiger partial charge in [0.15, 0.2) is 0 Å². The van der Waals surface area contributed by atoms with Crippen molar-refractivity contribution in [2.24, 2.45) is 5.84 Å². The van der Waals surface area contributed by atoms with E-state index in [0.29, 0.717) is 11.6 Å². The molecule has 0 bridgehead atoms. The first-order valence-corrected chi connectivity index (χ1v) is 7.09. The predicted octanol–water partition coefficient (Wildman–Crippen LogP) is 2.84. The van der Waals surface area contributed by atoms with Crippen LogP contribution in [0.5, 0.6) is 0 Å². The Morgan fingerprint density at radius 2 is 1.68 bits per heavy atom. The van der Waals surface area contributed by atoms with E-state index < -0.39 is 0 Å². The smallest absolute Gasteiger partial charge is 0.148 e. The number of hydrazine groups is 1. The fourth-order valence-corrected chi connectivity index (χ4v) is 2.11. The third-order valence-corrected chi connectivity index (χ3v) is 3.49. The van der Waals surface area contributed by atoms with E-state index in [1.54, 1.807) is 11.8 Å². The molecule has 0 radical (unpaired) electrons. The molecule has 0 saturated heterocycles. The van der Waals surface area contributed by atoms with E-state index in [-0.39, 0.29) is 0 Å². The zero-order valence-electron chi connectivity index (χ0n) is 11.2. The first kappa shape index (κ1) is 13.6. The van der Waals surface area contributed by atoms with Gasteiger partial charge in [0.05, 0.1) is 0 Å². The molecule has 0 aliphatic rings. The molecule has 0 fully saturated rings. The number of anilines is 3. The van der Waals surface area contributed by atoms with E-state index in [1.807, 2.05) is 26.0 Å². The SMILES string of the molecule is CSc1ccc(Nc2nc(C)nc(NN)c2C)cc1. The molecule has 1 aromatic carbocycles. The van der Waals surface area contributed by atoms with Crippen molar-refractivity contribution in [1.82, 2.24) is 9.97 Å². The van der Waals surface area contributed by atoms with E-state index in [9.17, 15) is 0 Å². The van der Waals surface area contributed by atoms with Crippen LogP contribution in [0.4, 0.5) is 17.3 Å². The number of hydrogen-bond acceptors (Lipinski definition) is 6. The number of aromatic nitrogens is 2. The highest BCUT2D eigenvalue weighted by molar-refractivity contribution is 7.98. The molecule has 0 saturated carbocycles. The van der Waals surface area contributed by atoms with Crippen LogP contribution in [-0.2, 0) is 0 Å². The molecule has 19 heavy (non-hydrogen) atoms. The number of hydrogen-bond donors (Lipinski definition) is 3. The van der Waals surface area contributed by atoms with Crippen LogP contribution < -0.4 is 16.6 Å². The Bertz CT molecular complexity index is 568. The van der Waals surface area contributed by atoms with Crippen LogP contribution in [0.3, 0.4) is 0 Å². The normalized spacial score (nSPS) is 10.3. The van der Waals surface area contributed by atoms with E-state index in [1.165, 1.54) is 4.90 Å². The summed E-state index contributed by atoms with van der Waals surface area (Å²) in [6, 6.07) is 8.19. The minimum Gasteiger partial charge on any atom is -0.340 e. The number of thioether (sulfide) groups is 1. The lowest BCUT2D eigenvalue weighted by molar-refractivity contribution is 1.03. The van der Waals surface area contributed by atoms with Crippen molar-refractivity contribution in [2.45, 2.75) is 18.7 Å². The van der Waals surface area contributed by atoms with Crippen LogP contribution in [0, 0.1) is 13.8 Å². The Balaban J connectivity index is 2.29. The van der Waals surface area contributed by atoms with Crippen LogP contribution in [0.25, 0.3) is 0 Å². The van der Waals surface area contributed by atoms with Crippen LogP contribution in [0.1, 0.15) is 11.4 Å². The van der Waals surface area contributed by atoms with Crippen LogP contribution in [-0.4, -0.2) is 16.2 Å². The lowest BCUT2D eigenvalue weighted by Gasteiger charge is -2.12. The molecule has 0 amide bonds. The average molecular weight is 275 g/mol. The number of aryl methyl sites for hydroxylation is 1. The zero-order chi connectivity index (χ0) is 13.8. The summed E-state index contributed by atoms with van der Waals surface area (Å²) in [6.07, 6.45) is 2.06. The Hall–Kier alpha value is -1.79. The van der Waals surface area contributed by atoms with Crippen molar-refractivity contribution < 1.29 is 0 Å². The molecular formula is C13H17N5S. The van der Waals surface area contributed by atoms with Crippen molar-refractivity contribution in [2.75, 3.05) is 17.0 Å². The van der Waals surface area contributed by atoms with Crippen molar-refractivity contribution in [1.29, 1.82) is 0 Å². The standard InChI is InChI=1S/C13H17N5S/c1-8-12(15-9(2)16-13(8)18-14)17-10-4-6-11(19-3)7-5-10/h4-7H,14H2,1-3H3,(H2,15,16,17,18). The van der Waals surface area contributed by atoms with Gasteiger partial charge in [-0.05, 0) is 44.4 Å². The lowest BCUT2D eigenvalue weighted by Crippen LogP contribution is -2.13. The van der Waals surface area contributed by atoms with Crippen molar-refractivity contribution in [3.05, 3.63) is 35.7 Å². The largest absolute Gasteiger partial charge is 0.340 e. The second kappa shape index (κ2) is 5.90. The summed E-state index contributed by atoms with van der Waals surface area (Å²) in [6.45, 7) is 3.76. The maximum Gasteiger partial charge on any atom is 0.148 e. The van der Waals surface area contributed by atoms with Crippen molar-refractivity contribution in [3.8, 4) is 0 Å². The highest BCUT2D eigenvalue weighted by atomic mass is 32.2. The molecule has 1 heterocycles. The molecular weight excluding hydrogens is 258 g/mol. The van der Waals surface area contributed by atoms with Crippen LogP contribution in [0.2, 0.25) is 0 Å². The summed E-state index contributed by atoms with van der Waals surface area (Å²) < 4.78 is 0. The summed E-state index contributed by atoms with van der Waals surface area (Å²) in [7, 11) is 0. The van der Waals surface area contributed by atoms with Crippen molar-refractivity contribution >= 4 is 29.1 Å². The monoisotopic (exact) mass is 275 g/mol. The topological polar surface area (TPSA) is 75.9 Å². The van der Waals surface area contributed by atoms with Gasteiger partial charge in [-0.15, -0.1) is 11.8 Å². The Labute approximate surface area is 117 Å². The molecule has 0 atom stereocenters. The fraction of sp³-hybridized carbons (Fsp3) is 0.231. The fourth-order valence-electron chi connectivity index (χ4n) is 1.70. The maximum absolute atomic E-state index is 5.45. The van der Waals surface area contributed by atoms with Gasteiger partial charge in [-0.25, -0.2) is 15.8 Å². The highest BCUT2D eigenvalue weighted by Gasteiger charge is 2.08. The van der Waals surface area contributed by atoms with Gasteiger partial charge in [-0.1, -0.05) is 0 Å². The van der Waals surface area contributed by atoms with Gasteiger partial charge in [0, 0.05) is 16.1 Å². The van der Waals surface area contributed by atoms with Crippen molar-refractivity contribution in [3.63, 3.8) is 0 Å². The number of nitrogen functional groups attached to an aromatic ring is 1. The first-order chi connectivity index (χ1) is 9.13. The molecule has 0 aliphatic heterocycles. The van der Waals surface area contributed by atoms with E-state index in [4.69, 9.17) is 5.84 Å². The molecule has 4 N–H and O–H groups in total. The predicted molar refractivity (Wildman–Crippen MR) is 80.8 cm³/mol. The molecule has 0 spiro atoms. The Morgan fingerprint density at radius 1 is 1.05 bits per heavy atom. The van der Waals surface area contributed by atoms with Crippen LogP contribution >= 0.6 is 11.8 Å². The third-order valence-electron chi connectivity index (χ3n) is 2.75. The van der Waals surface area contributed by atoms with Gasteiger partial charge < -0.3 is 10.7 Å². The number of nitrogens with two attached hydrogens (primary N) is 1. The van der Waals surface area contributed by atoms with E-state index >= 15 is 0 Å². The zero-order valence-corrected chi connectivity index (χ0v) is 12.0. The molecule has 100 valence electrons. The average Bonchev–Trinajstić information content (AvgIpc) is 2.43.